The molecule has 0 spiro atoms. The number of likely N-dealkylation sites (tertiary alicyclic amines) is 1. The van der Waals surface area contributed by atoms with Crippen LogP contribution >= 0.6 is 0 Å². The normalized spacial score (nSPS) is 17.5. The summed E-state index contributed by atoms with van der Waals surface area (Å²) in [5, 5.41) is 0. The van der Waals surface area contributed by atoms with Gasteiger partial charge in [0.2, 0.25) is 11.8 Å². The highest BCUT2D eigenvalue weighted by atomic mass is 19.4. The summed E-state index contributed by atoms with van der Waals surface area (Å²) in [4.78, 5) is 27.8. The summed E-state index contributed by atoms with van der Waals surface area (Å²) in [6.07, 6.45) is -8.54. The number of halogens is 6. The Morgan fingerprint density at radius 3 is 1.93 bits per heavy atom. The minimum atomic E-state index is -4.95. The Bertz CT molecular complexity index is 737. The van der Waals surface area contributed by atoms with Crippen LogP contribution in [0.3, 0.4) is 0 Å². The summed E-state index contributed by atoms with van der Waals surface area (Å²) in [7, 11) is 0. The number of hydrogen-bond donors (Lipinski definition) is 0. The lowest BCUT2D eigenvalue weighted by atomic mass is 10.0. The summed E-state index contributed by atoms with van der Waals surface area (Å²) in [6.45, 7) is 4.43. The van der Waals surface area contributed by atoms with E-state index in [2.05, 4.69) is 0 Å². The molecule has 10 heteroatoms. The van der Waals surface area contributed by atoms with Gasteiger partial charge in [-0.1, -0.05) is 13.8 Å². The van der Waals surface area contributed by atoms with Gasteiger partial charge in [-0.3, -0.25) is 9.59 Å². The van der Waals surface area contributed by atoms with Crippen molar-refractivity contribution in [2.75, 3.05) is 19.6 Å². The number of carbonyl (C=O) groups is 2. The van der Waals surface area contributed by atoms with Gasteiger partial charge in [0.15, 0.2) is 0 Å². The van der Waals surface area contributed by atoms with E-state index in [1.807, 2.05) is 13.8 Å². The molecule has 4 nitrogen and oxygen atoms in total. The Morgan fingerprint density at radius 1 is 1.00 bits per heavy atom. The Morgan fingerprint density at radius 2 is 1.50 bits per heavy atom. The highest BCUT2D eigenvalue weighted by Gasteiger charge is 2.39. The predicted molar refractivity (Wildman–Crippen MR) is 97.1 cm³/mol. The van der Waals surface area contributed by atoms with Crippen LogP contribution in [0.15, 0.2) is 18.2 Å². The maximum absolute atomic E-state index is 13.0. The van der Waals surface area contributed by atoms with Gasteiger partial charge >= 0.3 is 12.4 Å². The zero-order chi connectivity index (χ0) is 22.7. The molecule has 0 aliphatic carbocycles. The lowest BCUT2D eigenvalue weighted by Gasteiger charge is -2.25. The van der Waals surface area contributed by atoms with Crippen LogP contribution in [-0.2, 0) is 28.5 Å². The first-order valence-corrected chi connectivity index (χ1v) is 9.71. The first-order chi connectivity index (χ1) is 13.9. The van der Waals surface area contributed by atoms with E-state index in [9.17, 15) is 35.9 Å². The number of carbonyl (C=O) groups excluding carboxylic acids is 2. The molecule has 0 bridgehead atoms. The number of amides is 2. The molecule has 1 aliphatic rings. The van der Waals surface area contributed by atoms with Crippen molar-refractivity contribution in [3.63, 3.8) is 0 Å². The minimum absolute atomic E-state index is 0.0286. The van der Waals surface area contributed by atoms with Crippen molar-refractivity contribution < 1.29 is 35.9 Å². The van der Waals surface area contributed by atoms with E-state index in [1.165, 1.54) is 0 Å². The van der Waals surface area contributed by atoms with E-state index in [0.717, 1.165) is 17.7 Å². The Labute approximate surface area is 170 Å². The van der Waals surface area contributed by atoms with Gasteiger partial charge in [0, 0.05) is 32.6 Å². The van der Waals surface area contributed by atoms with E-state index in [0.29, 0.717) is 25.2 Å². The van der Waals surface area contributed by atoms with Crippen LogP contribution < -0.4 is 0 Å². The standard InChI is InChI=1S/C20H24F6N2O2/c1-3-5-27(6-4-2)18(30)14-9-17(29)28(12-14)11-13-7-15(19(21,22)23)10-16(8-13)20(24,25)26/h7-8,10,14H,3-6,9,11-12H2,1-2H3/t14-/m0/s1. The zero-order valence-corrected chi connectivity index (χ0v) is 16.7. The van der Waals surface area contributed by atoms with Crippen LogP contribution in [0, 0.1) is 5.92 Å². The van der Waals surface area contributed by atoms with Gasteiger partial charge in [-0.2, -0.15) is 26.3 Å². The summed E-state index contributed by atoms with van der Waals surface area (Å²) in [6, 6.07) is 1.27. The number of alkyl halides is 6. The van der Waals surface area contributed by atoms with Crippen molar-refractivity contribution in [2.24, 2.45) is 5.92 Å². The Kier molecular flexibility index (Phi) is 7.41. The summed E-state index contributed by atoms with van der Waals surface area (Å²) >= 11 is 0. The van der Waals surface area contributed by atoms with Gasteiger partial charge in [0.05, 0.1) is 17.0 Å². The largest absolute Gasteiger partial charge is 0.416 e. The van der Waals surface area contributed by atoms with Crippen molar-refractivity contribution >= 4 is 11.8 Å². The molecule has 1 aliphatic heterocycles. The number of rotatable bonds is 7. The van der Waals surface area contributed by atoms with Crippen molar-refractivity contribution in [1.82, 2.24) is 9.80 Å². The third-order valence-electron chi connectivity index (χ3n) is 4.88. The SMILES string of the molecule is CCCN(CCC)C(=O)[C@H]1CC(=O)N(Cc2cc(C(F)(F)F)cc(C(F)(F)F)c2)C1. The monoisotopic (exact) mass is 438 g/mol. The van der Waals surface area contributed by atoms with Crippen LogP contribution in [0.4, 0.5) is 26.3 Å². The van der Waals surface area contributed by atoms with Gasteiger partial charge < -0.3 is 9.80 Å². The Balaban J connectivity index is 2.22. The lowest BCUT2D eigenvalue weighted by molar-refractivity contribution is -0.143. The second-order valence-electron chi connectivity index (χ2n) is 7.41. The van der Waals surface area contributed by atoms with Gasteiger partial charge in [0.1, 0.15) is 0 Å². The fourth-order valence-electron chi connectivity index (χ4n) is 3.55. The number of nitrogens with zero attached hydrogens (tertiary/aromatic N) is 2. The van der Waals surface area contributed by atoms with Gasteiger partial charge in [-0.25, -0.2) is 0 Å². The highest BCUT2D eigenvalue weighted by Crippen LogP contribution is 2.37. The summed E-state index contributed by atoms with van der Waals surface area (Å²) in [5.74, 6) is -1.33. The highest BCUT2D eigenvalue weighted by molar-refractivity contribution is 5.89. The lowest BCUT2D eigenvalue weighted by Crippen LogP contribution is -2.38. The van der Waals surface area contributed by atoms with Crippen molar-refractivity contribution in [3.05, 3.63) is 34.9 Å². The second-order valence-corrected chi connectivity index (χ2v) is 7.41. The first kappa shape index (κ1) is 24.0. The maximum atomic E-state index is 13.0. The number of benzene rings is 1. The molecule has 0 aromatic heterocycles. The third-order valence-corrected chi connectivity index (χ3v) is 4.88. The van der Waals surface area contributed by atoms with E-state index in [-0.39, 0.29) is 30.5 Å². The van der Waals surface area contributed by atoms with Crippen molar-refractivity contribution in [3.8, 4) is 0 Å². The van der Waals surface area contributed by atoms with Crippen LogP contribution in [0.5, 0.6) is 0 Å². The number of hydrogen-bond acceptors (Lipinski definition) is 2. The van der Waals surface area contributed by atoms with Crippen LogP contribution in [0.2, 0.25) is 0 Å². The topological polar surface area (TPSA) is 40.6 Å². The van der Waals surface area contributed by atoms with Gasteiger partial charge in [-0.05, 0) is 36.6 Å². The first-order valence-electron chi connectivity index (χ1n) is 9.71. The zero-order valence-electron chi connectivity index (χ0n) is 16.7. The molecule has 1 aromatic carbocycles. The molecule has 1 aromatic rings. The molecule has 0 unspecified atom stereocenters. The molecule has 30 heavy (non-hydrogen) atoms. The maximum Gasteiger partial charge on any atom is 0.416 e. The average molecular weight is 438 g/mol. The van der Waals surface area contributed by atoms with Gasteiger partial charge in [-0.15, -0.1) is 0 Å². The molecule has 168 valence electrons. The molecule has 1 saturated heterocycles. The van der Waals surface area contributed by atoms with Crippen LogP contribution in [0.1, 0.15) is 49.8 Å². The molecule has 1 fully saturated rings. The summed E-state index contributed by atoms with van der Waals surface area (Å²) in [5.41, 5.74) is -3.13. The quantitative estimate of drug-likeness (QED) is 0.578. The average Bonchev–Trinajstić information content (AvgIpc) is 2.99. The van der Waals surface area contributed by atoms with Crippen LogP contribution in [0.25, 0.3) is 0 Å². The third kappa shape index (κ3) is 5.89. The van der Waals surface area contributed by atoms with Crippen molar-refractivity contribution in [2.45, 2.75) is 52.0 Å². The predicted octanol–water partition coefficient (Wildman–Crippen LogP) is 4.72. The molecule has 0 radical (unpaired) electrons. The van der Waals surface area contributed by atoms with Crippen molar-refractivity contribution in [1.29, 1.82) is 0 Å². The smallest absolute Gasteiger partial charge is 0.342 e. The Hall–Kier alpha value is -2.26. The van der Waals surface area contributed by atoms with Crippen LogP contribution in [-0.4, -0.2) is 41.2 Å². The molecule has 1 heterocycles. The van der Waals surface area contributed by atoms with E-state index in [1.54, 1.807) is 4.90 Å². The van der Waals surface area contributed by atoms with E-state index >= 15 is 0 Å². The molecule has 2 amide bonds. The molecule has 2 rings (SSSR count). The molecular weight excluding hydrogens is 414 g/mol. The minimum Gasteiger partial charge on any atom is -0.342 e. The molecule has 0 N–H and O–H groups in total. The molecule has 0 saturated carbocycles. The fraction of sp³-hybridized carbons (Fsp3) is 0.600. The summed E-state index contributed by atoms with van der Waals surface area (Å²) < 4.78 is 78.2. The molecule has 1 atom stereocenters. The van der Waals surface area contributed by atoms with Gasteiger partial charge in [0.25, 0.3) is 0 Å². The fourth-order valence-corrected chi connectivity index (χ4v) is 3.55. The second kappa shape index (κ2) is 9.26. The van der Waals surface area contributed by atoms with E-state index in [4.69, 9.17) is 0 Å². The van der Waals surface area contributed by atoms with E-state index < -0.39 is 41.8 Å². The molecular formula is C20H24F6N2O2.